The average molecular weight is 460 g/mol. The number of hydroxylamine groups is 2. The Morgan fingerprint density at radius 2 is 1.88 bits per heavy atom. The zero-order valence-electron chi connectivity index (χ0n) is 20.0. The summed E-state index contributed by atoms with van der Waals surface area (Å²) in [6.07, 6.45) is 14.5. The van der Waals surface area contributed by atoms with Gasteiger partial charge in [-0.1, -0.05) is 62.8 Å². The van der Waals surface area contributed by atoms with Gasteiger partial charge in [-0.3, -0.25) is 10.0 Å². The van der Waals surface area contributed by atoms with E-state index < -0.39 is 5.41 Å². The van der Waals surface area contributed by atoms with Crippen molar-refractivity contribution in [3.8, 4) is 0 Å². The maximum atomic E-state index is 12.0. The van der Waals surface area contributed by atoms with Gasteiger partial charge >= 0.3 is 0 Å². The van der Waals surface area contributed by atoms with Crippen molar-refractivity contribution in [1.82, 2.24) is 5.06 Å². The highest BCUT2D eigenvalue weighted by Gasteiger charge is 2.47. The van der Waals surface area contributed by atoms with Crippen LogP contribution in [0.3, 0.4) is 0 Å². The molecule has 0 radical (unpaired) electrons. The summed E-state index contributed by atoms with van der Waals surface area (Å²) in [6.45, 7) is 3.79. The second-order valence-corrected chi connectivity index (χ2v) is 11.2. The molecule has 0 unspecified atom stereocenters. The Bertz CT molecular complexity index is 734. The molecule has 5 heteroatoms. The van der Waals surface area contributed by atoms with E-state index in [2.05, 4.69) is 42.5 Å². The van der Waals surface area contributed by atoms with Crippen molar-refractivity contribution in [3.63, 3.8) is 0 Å². The maximum Gasteiger partial charge on any atom is 0.251 e. The van der Waals surface area contributed by atoms with E-state index in [0.29, 0.717) is 29.1 Å². The number of fused-ring (bicyclic) bond motifs is 2. The maximum absolute atomic E-state index is 12.0. The Kier molecular flexibility index (Phi) is 9.69. The number of unbranched alkanes of at least 4 members (excludes halogenated alkanes) is 1. The topological polar surface area (TPSA) is 49.8 Å². The molecule has 0 aromatic heterocycles. The predicted octanol–water partition coefficient (Wildman–Crippen LogP) is 6.48. The first-order valence-corrected chi connectivity index (χ1v) is 13.4. The lowest BCUT2D eigenvalue weighted by molar-refractivity contribution is -0.169. The number of benzene rings is 1. The first-order chi connectivity index (χ1) is 15.4. The van der Waals surface area contributed by atoms with Gasteiger partial charge in [0.25, 0.3) is 5.91 Å². The summed E-state index contributed by atoms with van der Waals surface area (Å²) in [7, 11) is 1.40. The van der Waals surface area contributed by atoms with Gasteiger partial charge < -0.3 is 4.74 Å². The third-order valence-electron chi connectivity index (χ3n) is 7.16. The highest BCUT2D eigenvalue weighted by molar-refractivity contribution is 7.98. The largest absolute Gasteiger partial charge is 0.374 e. The number of amides is 1. The van der Waals surface area contributed by atoms with E-state index in [9.17, 15) is 10.0 Å². The monoisotopic (exact) mass is 459 g/mol. The quantitative estimate of drug-likeness (QED) is 0.159. The average Bonchev–Trinajstić information content (AvgIpc) is 3.38. The minimum atomic E-state index is -0.537. The van der Waals surface area contributed by atoms with E-state index in [4.69, 9.17) is 4.74 Å². The van der Waals surface area contributed by atoms with E-state index in [-0.39, 0.29) is 5.91 Å². The van der Waals surface area contributed by atoms with Crippen LogP contribution in [0.5, 0.6) is 0 Å². The van der Waals surface area contributed by atoms with Crippen molar-refractivity contribution in [3.05, 3.63) is 48.0 Å². The van der Waals surface area contributed by atoms with Crippen LogP contribution in [-0.4, -0.2) is 41.2 Å². The first kappa shape index (κ1) is 25.3. The Morgan fingerprint density at radius 1 is 1.16 bits per heavy atom. The summed E-state index contributed by atoms with van der Waals surface area (Å²) in [6, 6.07) is 10.7. The Hall–Kier alpha value is -1.30. The van der Waals surface area contributed by atoms with E-state index in [0.717, 1.165) is 25.0 Å². The van der Waals surface area contributed by atoms with Crippen LogP contribution < -0.4 is 0 Å². The van der Waals surface area contributed by atoms with Crippen LogP contribution in [0, 0.1) is 17.3 Å². The number of carbonyl (C=O) groups excluding carboxylic acids is 1. The van der Waals surface area contributed by atoms with Gasteiger partial charge in [0, 0.05) is 18.2 Å². The highest BCUT2D eigenvalue weighted by atomic mass is 32.2. The number of carbonyl (C=O) groups is 1. The van der Waals surface area contributed by atoms with Gasteiger partial charge in [-0.25, -0.2) is 5.06 Å². The van der Waals surface area contributed by atoms with Crippen LogP contribution in [0.15, 0.2) is 42.5 Å². The Labute approximate surface area is 198 Å². The molecule has 0 aliphatic carbocycles. The third-order valence-corrected chi connectivity index (χ3v) is 8.28. The molecule has 0 saturated carbocycles. The summed E-state index contributed by atoms with van der Waals surface area (Å²) < 4.78 is 6.29. The van der Waals surface area contributed by atoms with Gasteiger partial charge in [-0.2, -0.15) is 11.8 Å². The smallest absolute Gasteiger partial charge is 0.251 e. The Balaban J connectivity index is 1.35. The van der Waals surface area contributed by atoms with Crippen LogP contribution in [0.2, 0.25) is 0 Å². The lowest BCUT2D eigenvalue weighted by atomic mass is 9.75. The molecule has 2 heterocycles. The molecule has 32 heavy (non-hydrogen) atoms. The van der Waals surface area contributed by atoms with E-state index >= 15 is 0 Å². The van der Waals surface area contributed by atoms with Gasteiger partial charge in [-0.05, 0) is 68.1 Å². The molecule has 2 aliphatic heterocycles. The van der Waals surface area contributed by atoms with Gasteiger partial charge in [-0.15, -0.1) is 0 Å². The van der Waals surface area contributed by atoms with Crippen LogP contribution in [0.1, 0.15) is 70.8 Å². The molecule has 1 N–H and O–H groups in total. The minimum absolute atomic E-state index is 0.227. The van der Waals surface area contributed by atoms with Crippen molar-refractivity contribution in [2.24, 2.45) is 17.3 Å². The third kappa shape index (κ3) is 7.10. The summed E-state index contributed by atoms with van der Waals surface area (Å²) >= 11 is 2.04. The number of hydrogen-bond donors (Lipinski definition) is 1. The molecule has 0 spiro atoms. The van der Waals surface area contributed by atoms with Crippen molar-refractivity contribution in [1.29, 1.82) is 0 Å². The van der Waals surface area contributed by atoms with Crippen LogP contribution in [0.4, 0.5) is 0 Å². The van der Waals surface area contributed by atoms with Gasteiger partial charge in [0.1, 0.15) is 0 Å². The van der Waals surface area contributed by atoms with Gasteiger partial charge in [0.2, 0.25) is 0 Å². The predicted molar refractivity (Wildman–Crippen MR) is 133 cm³/mol. The van der Waals surface area contributed by atoms with Gasteiger partial charge in [0.05, 0.1) is 12.2 Å². The van der Waals surface area contributed by atoms with Crippen molar-refractivity contribution in [2.75, 3.05) is 12.8 Å². The van der Waals surface area contributed by atoms with Crippen molar-refractivity contribution >= 4 is 17.7 Å². The number of hydrogen-bond acceptors (Lipinski definition) is 4. The van der Waals surface area contributed by atoms with Gasteiger partial charge in [0.15, 0.2) is 0 Å². The van der Waals surface area contributed by atoms with Crippen LogP contribution >= 0.6 is 11.8 Å². The lowest BCUT2D eigenvalue weighted by Gasteiger charge is -2.27. The Morgan fingerprint density at radius 3 is 2.59 bits per heavy atom. The number of rotatable bonds is 13. The molecule has 1 aromatic carbocycles. The standard InChI is InChI=1S/C27H41NO3S/c1-27(2,26(29)28(3)30)18-10-5-8-14-22-23(25-17-16-24(22)31-25)15-9-11-19-32-20-21-12-6-4-7-13-21/h4-8,12-13,22-25,30H,9-11,14-20H2,1-3H3/t22-,23+,24-,25+/m0/s1. The number of ether oxygens (including phenoxy) is 1. The minimum Gasteiger partial charge on any atom is -0.374 e. The molecular weight excluding hydrogens is 418 g/mol. The summed E-state index contributed by atoms with van der Waals surface area (Å²) in [4.78, 5) is 12.0. The number of allylic oxidation sites excluding steroid dienone is 2. The molecular formula is C27H41NO3S. The normalized spacial score (nSPS) is 25.0. The zero-order valence-corrected chi connectivity index (χ0v) is 20.9. The molecule has 4 nitrogen and oxygen atoms in total. The molecule has 1 aromatic rings. The molecule has 3 rings (SSSR count). The fourth-order valence-corrected chi connectivity index (χ4v) is 6.29. The van der Waals surface area contributed by atoms with E-state index in [1.54, 1.807) is 0 Å². The highest BCUT2D eigenvalue weighted by Crippen LogP contribution is 2.47. The zero-order chi connectivity index (χ0) is 23.0. The molecule has 2 fully saturated rings. The van der Waals surface area contributed by atoms with Crippen LogP contribution in [0.25, 0.3) is 0 Å². The summed E-state index contributed by atoms with van der Waals surface area (Å²) in [5.74, 6) is 3.48. The molecule has 4 atom stereocenters. The number of nitrogens with zero attached hydrogens (tertiary/aromatic N) is 1. The molecule has 2 bridgehead atoms. The molecule has 2 aliphatic rings. The molecule has 178 valence electrons. The molecule has 1 amide bonds. The van der Waals surface area contributed by atoms with Crippen molar-refractivity contribution < 1.29 is 14.7 Å². The fourth-order valence-electron chi connectivity index (χ4n) is 5.31. The van der Waals surface area contributed by atoms with Crippen LogP contribution in [-0.2, 0) is 15.3 Å². The lowest BCUT2D eigenvalue weighted by Crippen LogP contribution is -2.36. The first-order valence-electron chi connectivity index (χ1n) is 12.3. The summed E-state index contributed by atoms with van der Waals surface area (Å²) in [5.41, 5.74) is 0.881. The van der Waals surface area contributed by atoms with E-state index in [1.165, 1.54) is 50.5 Å². The van der Waals surface area contributed by atoms with E-state index in [1.807, 2.05) is 25.6 Å². The SMILES string of the molecule is CN(O)C(=O)C(C)(C)CCC=CC[C@H]1[C@@H](CCCCSCc2ccccc2)[C@H]2CC[C@@H]1O2. The van der Waals surface area contributed by atoms with Crippen molar-refractivity contribution in [2.45, 2.75) is 83.2 Å². The second-order valence-electron chi connectivity index (χ2n) is 10.1. The molecule has 2 saturated heterocycles. The number of thioether (sulfide) groups is 1. The fraction of sp³-hybridized carbons (Fsp3) is 0.667. The second kappa shape index (κ2) is 12.2. The summed E-state index contributed by atoms with van der Waals surface area (Å²) in [5, 5.41) is 10.1.